The van der Waals surface area contributed by atoms with Crippen LogP contribution < -0.4 is 10.6 Å². The molecule has 0 bridgehead atoms. The van der Waals surface area contributed by atoms with E-state index in [1.165, 1.54) is 19.3 Å². The summed E-state index contributed by atoms with van der Waals surface area (Å²) in [6.45, 7) is 5.11. The fraction of sp³-hybridized carbons (Fsp3) is 0.636. The van der Waals surface area contributed by atoms with E-state index in [4.69, 9.17) is 4.99 Å². The number of amides is 1. The minimum atomic E-state index is 0.248. The monoisotopic (exact) mass is 411 g/mol. The molecule has 1 aliphatic carbocycles. The molecule has 8 heteroatoms. The van der Waals surface area contributed by atoms with Gasteiger partial charge in [-0.1, -0.05) is 25.3 Å². The molecule has 0 radical (unpaired) electrons. The van der Waals surface area contributed by atoms with Crippen LogP contribution in [0.25, 0.3) is 5.65 Å². The molecule has 0 aromatic carbocycles. The van der Waals surface area contributed by atoms with Crippen LogP contribution >= 0.6 is 0 Å². The number of likely N-dealkylation sites (tertiary alicyclic amines) is 1. The Balaban J connectivity index is 1.30. The van der Waals surface area contributed by atoms with Gasteiger partial charge in [-0.05, 0) is 38.3 Å². The van der Waals surface area contributed by atoms with E-state index >= 15 is 0 Å². The Morgan fingerprint density at radius 3 is 2.90 bits per heavy atom. The highest BCUT2D eigenvalue weighted by Crippen LogP contribution is 2.26. The lowest BCUT2D eigenvalue weighted by molar-refractivity contribution is -0.135. The predicted octanol–water partition coefficient (Wildman–Crippen LogP) is 2.01. The third kappa shape index (κ3) is 4.91. The lowest BCUT2D eigenvalue weighted by Gasteiger charge is -2.26. The smallest absolute Gasteiger partial charge is 0.225 e. The van der Waals surface area contributed by atoms with E-state index in [1.54, 1.807) is 0 Å². The van der Waals surface area contributed by atoms with Gasteiger partial charge >= 0.3 is 0 Å². The maximum Gasteiger partial charge on any atom is 0.225 e. The maximum absolute atomic E-state index is 12.8. The summed E-state index contributed by atoms with van der Waals surface area (Å²) in [6, 6.07) is 6.15. The first-order valence-electron chi connectivity index (χ1n) is 11.4. The van der Waals surface area contributed by atoms with E-state index in [0.717, 1.165) is 62.7 Å². The van der Waals surface area contributed by atoms with Crippen molar-refractivity contribution in [3.8, 4) is 0 Å². The summed E-state index contributed by atoms with van der Waals surface area (Å²) in [4.78, 5) is 19.6. The van der Waals surface area contributed by atoms with Gasteiger partial charge in [0.15, 0.2) is 11.6 Å². The largest absolute Gasteiger partial charge is 0.357 e. The van der Waals surface area contributed by atoms with Crippen molar-refractivity contribution in [2.45, 2.75) is 57.9 Å². The summed E-state index contributed by atoms with van der Waals surface area (Å²) in [6.07, 6.45) is 9.48. The lowest BCUT2D eigenvalue weighted by atomic mass is 9.88. The van der Waals surface area contributed by atoms with Crippen molar-refractivity contribution in [3.05, 3.63) is 30.2 Å². The second kappa shape index (κ2) is 9.91. The number of nitrogens with one attached hydrogen (secondary N) is 2. The van der Waals surface area contributed by atoms with Crippen molar-refractivity contribution in [3.63, 3.8) is 0 Å². The van der Waals surface area contributed by atoms with Crippen molar-refractivity contribution in [2.24, 2.45) is 10.9 Å². The van der Waals surface area contributed by atoms with Gasteiger partial charge in [-0.15, -0.1) is 10.2 Å². The summed E-state index contributed by atoms with van der Waals surface area (Å²) in [5.41, 5.74) is 0.857. The zero-order chi connectivity index (χ0) is 20.8. The van der Waals surface area contributed by atoms with Crippen molar-refractivity contribution < 1.29 is 4.79 Å². The third-order valence-electron chi connectivity index (χ3n) is 6.13. The summed E-state index contributed by atoms with van der Waals surface area (Å²) in [5, 5.41) is 15.3. The van der Waals surface area contributed by atoms with Crippen molar-refractivity contribution >= 4 is 17.5 Å². The van der Waals surface area contributed by atoms with Crippen molar-refractivity contribution in [1.29, 1.82) is 0 Å². The van der Waals surface area contributed by atoms with E-state index < -0.39 is 0 Å². The minimum Gasteiger partial charge on any atom is -0.357 e. The number of carbonyl (C=O) groups is 1. The average molecular weight is 412 g/mol. The standard InChI is InChI=1S/C22H33N7O/c1-2-23-22(24-13-11-20-27-26-19-10-6-7-14-29(19)20)25-18-12-15-28(16-18)21(30)17-8-4-3-5-9-17/h6-7,10,14,17-18H,2-5,8-9,11-13,15-16H2,1H3,(H2,23,24,25). The quantitative estimate of drug-likeness (QED) is 0.561. The molecular weight excluding hydrogens is 378 g/mol. The van der Waals surface area contributed by atoms with E-state index in [9.17, 15) is 4.79 Å². The average Bonchev–Trinajstić information content (AvgIpc) is 3.41. The number of rotatable bonds is 6. The Morgan fingerprint density at radius 2 is 2.07 bits per heavy atom. The third-order valence-corrected chi connectivity index (χ3v) is 6.13. The Bertz CT molecular complexity index is 871. The molecule has 1 unspecified atom stereocenters. The van der Waals surface area contributed by atoms with E-state index in [-0.39, 0.29) is 12.0 Å². The molecule has 1 saturated heterocycles. The van der Waals surface area contributed by atoms with Gasteiger partial charge < -0.3 is 15.5 Å². The highest BCUT2D eigenvalue weighted by molar-refractivity contribution is 5.81. The number of carbonyl (C=O) groups excluding carboxylic acids is 1. The van der Waals surface area contributed by atoms with Gasteiger partial charge in [-0.2, -0.15) is 0 Å². The van der Waals surface area contributed by atoms with Crippen LogP contribution in [0.4, 0.5) is 0 Å². The second-order valence-corrected chi connectivity index (χ2v) is 8.30. The van der Waals surface area contributed by atoms with Crippen LogP contribution in [-0.4, -0.2) is 63.6 Å². The summed E-state index contributed by atoms with van der Waals surface area (Å²) >= 11 is 0. The van der Waals surface area contributed by atoms with Gasteiger partial charge in [0.2, 0.25) is 5.91 Å². The number of fused-ring (bicyclic) bond motifs is 1. The molecule has 162 valence electrons. The Hall–Kier alpha value is -2.64. The molecule has 2 aliphatic rings. The fourth-order valence-electron chi connectivity index (χ4n) is 4.53. The number of aromatic nitrogens is 3. The molecule has 3 heterocycles. The molecule has 30 heavy (non-hydrogen) atoms. The zero-order valence-electron chi connectivity index (χ0n) is 17.9. The molecule has 4 rings (SSSR count). The van der Waals surface area contributed by atoms with Crippen LogP contribution in [0, 0.1) is 5.92 Å². The minimum absolute atomic E-state index is 0.248. The number of hydrogen-bond donors (Lipinski definition) is 2. The molecule has 8 nitrogen and oxygen atoms in total. The first kappa shape index (κ1) is 20.6. The van der Waals surface area contributed by atoms with Crippen LogP contribution in [0.15, 0.2) is 29.4 Å². The highest BCUT2D eigenvalue weighted by atomic mass is 16.2. The molecule has 1 aliphatic heterocycles. The first-order chi connectivity index (χ1) is 14.7. The predicted molar refractivity (Wildman–Crippen MR) is 117 cm³/mol. The zero-order valence-corrected chi connectivity index (χ0v) is 17.9. The lowest BCUT2D eigenvalue weighted by Crippen LogP contribution is -2.45. The van der Waals surface area contributed by atoms with Crippen molar-refractivity contribution in [2.75, 3.05) is 26.2 Å². The molecule has 2 N–H and O–H groups in total. The number of nitrogens with zero attached hydrogens (tertiary/aromatic N) is 5. The molecule has 1 atom stereocenters. The van der Waals surface area contributed by atoms with Gasteiger partial charge in [0.1, 0.15) is 5.82 Å². The number of guanidine groups is 1. The summed E-state index contributed by atoms with van der Waals surface area (Å²) in [7, 11) is 0. The molecule has 1 saturated carbocycles. The summed E-state index contributed by atoms with van der Waals surface area (Å²) in [5.74, 6) is 2.33. The number of hydrogen-bond acceptors (Lipinski definition) is 4. The molecule has 2 aromatic rings. The van der Waals surface area contributed by atoms with E-state index in [0.29, 0.717) is 12.5 Å². The molecule has 2 aromatic heterocycles. The van der Waals surface area contributed by atoms with Crippen LogP contribution in [-0.2, 0) is 11.2 Å². The van der Waals surface area contributed by atoms with Gasteiger partial charge in [0, 0.05) is 50.8 Å². The summed E-state index contributed by atoms with van der Waals surface area (Å²) < 4.78 is 2.00. The van der Waals surface area contributed by atoms with Gasteiger partial charge in [-0.3, -0.25) is 14.2 Å². The Kier molecular flexibility index (Phi) is 6.81. The number of pyridine rings is 1. The SMILES string of the molecule is CCNC(=NCCc1nnc2ccccn12)NC1CCN(C(=O)C2CCCCC2)C1. The molecular formula is C22H33N7O. The molecule has 0 spiro atoms. The van der Waals surface area contributed by atoms with Crippen LogP contribution in [0.1, 0.15) is 51.3 Å². The normalized spacial score (nSPS) is 20.6. The van der Waals surface area contributed by atoms with Crippen LogP contribution in [0.2, 0.25) is 0 Å². The molecule has 2 fully saturated rings. The Morgan fingerprint density at radius 1 is 1.20 bits per heavy atom. The van der Waals surface area contributed by atoms with Crippen LogP contribution in [0.3, 0.4) is 0 Å². The van der Waals surface area contributed by atoms with Gasteiger partial charge in [-0.25, -0.2) is 0 Å². The molecule has 1 amide bonds. The second-order valence-electron chi connectivity index (χ2n) is 8.30. The van der Waals surface area contributed by atoms with Crippen LogP contribution in [0.5, 0.6) is 0 Å². The van der Waals surface area contributed by atoms with E-state index in [2.05, 4.69) is 32.7 Å². The van der Waals surface area contributed by atoms with Gasteiger partial charge in [0.05, 0.1) is 0 Å². The van der Waals surface area contributed by atoms with Gasteiger partial charge in [0.25, 0.3) is 0 Å². The number of aliphatic imine (C=N–C) groups is 1. The fourth-order valence-corrected chi connectivity index (χ4v) is 4.53. The highest BCUT2D eigenvalue weighted by Gasteiger charge is 2.31. The maximum atomic E-state index is 12.8. The first-order valence-corrected chi connectivity index (χ1v) is 11.4. The van der Waals surface area contributed by atoms with E-state index in [1.807, 2.05) is 28.8 Å². The topological polar surface area (TPSA) is 86.9 Å². The van der Waals surface area contributed by atoms with Crippen molar-refractivity contribution in [1.82, 2.24) is 30.1 Å². The Labute approximate surface area is 178 Å².